The van der Waals surface area contributed by atoms with Crippen LogP contribution in [0.1, 0.15) is 0 Å². The molecule has 0 heterocycles. The van der Waals surface area contributed by atoms with E-state index >= 15 is 0 Å². The molecule has 2 radical (unpaired) electrons. The zero-order chi connectivity index (χ0) is 9.54. The molecule has 0 amide bonds. The van der Waals surface area contributed by atoms with Crippen LogP contribution in [0.25, 0.3) is 0 Å². The first-order valence-electron chi connectivity index (χ1n) is 2.13. The van der Waals surface area contributed by atoms with E-state index in [-0.39, 0.29) is 0 Å². The summed E-state index contributed by atoms with van der Waals surface area (Å²) in [4.78, 5) is 0. The predicted octanol–water partition coefficient (Wildman–Crippen LogP) is 0.841. The van der Waals surface area contributed by atoms with E-state index < -0.39 is 28.8 Å². The zero-order valence-corrected chi connectivity index (χ0v) is 8.89. The van der Waals surface area contributed by atoms with Gasteiger partial charge in [0.2, 0.25) is 1.43 Å². The summed E-state index contributed by atoms with van der Waals surface area (Å²) in [7, 11) is 5.09. The number of alkyl halides is 2. The van der Waals surface area contributed by atoms with Gasteiger partial charge in [-0.3, -0.25) is 4.39 Å². The van der Waals surface area contributed by atoms with Gasteiger partial charge in [0.05, 0.1) is 7.18 Å². The first kappa shape index (κ1) is 13.5. The van der Waals surface area contributed by atoms with E-state index in [0.717, 1.165) is 0 Å². The molecule has 3 nitrogen and oxygen atoms in total. The van der Waals surface area contributed by atoms with Crippen LogP contribution in [-0.2, 0) is 20.2 Å². The number of rotatable bonds is 3. The third-order valence-corrected chi connectivity index (χ3v) is 1.21. The maximum atomic E-state index is 10.3. The molecule has 0 saturated carbocycles. The summed E-state index contributed by atoms with van der Waals surface area (Å²) in [6, 6.07) is 0. The third kappa shape index (κ3) is 64.8. The van der Waals surface area contributed by atoms with Crippen LogP contribution >= 0.6 is 21.9 Å². The summed E-state index contributed by atoms with van der Waals surface area (Å²) < 4.78 is 33.1. The number of nitrogens with zero attached hydrogens (tertiary/aromatic N) is 1. The van der Waals surface area contributed by atoms with E-state index in [2.05, 4.69) is 35.4 Å². The minimum atomic E-state index is -1.01. The van der Waals surface area contributed by atoms with E-state index in [0.29, 0.717) is 7.18 Å². The maximum absolute atomic E-state index is 10.3. The topological polar surface area (TPSA) is 41.8 Å². The first-order chi connectivity index (χ1) is 5.33. The van der Waals surface area contributed by atoms with E-state index in [1.807, 2.05) is 0 Å². The van der Waals surface area contributed by atoms with Crippen LogP contribution in [0.4, 0.5) is 8.78 Å². The Morgan fingerprint density at radius 2 is 2.40 bits per heavy atom. The quantitative estimate of drug-likeness (QED) is 0.620. The molecular weight excluding hydrogens is 297 g/mol. The Balaban J connectivity index is -0.0000000965. The van der Waals surface area contributed by atoms with Crippen molar-refractivity contribution in [1.29, 1.82) is 1.43 Å². The molecule has 61 valence electrons. The minimum absolute atomic E-state index is 0.500. The molecule has 0 unspecified atom stereocenters. The van der Waals surface area contributed by atoms with Crippen LogP contribution in [0, 0.1) is 0 Å². The van der Waals surface area contributed by atoms with Crippen LogP contribution in [0.15, 0.2) is 2.00 Å². The number of aliphatic hydroxyl groups is 1. The van der Waals surface area contributed by atoms with Crippen molar-refractivity contribution in [3.8, 4) is 0 Å². The van der Waals surface area contributed by atoms with Crippen molar-refractivity contribution in [2.45, 2.75) is 0 Å². The SMILES string of the molecule is CF.[2H]OCF.[B]O[IH][N]=[V]. The Labute approximate surface area is 81.4 Å². The fraction of sp³-hybridized carbons (Fsp3) is 1.00. The molecule has 0 atom stereocenters. The molecule has 0 saturated heterocycles. The van der Waals surface area contributed by atoms with Crippen molar-refractivity contribution in [1.82, 2.24) is 0 Å². The molecule has 0 aliphatic rings. The van der Waals surface area contributed by atoms with Crippen LogP contribution in [0.2, 0.25) is 0 Å². The Bertz CT molecular complexity index is 67.4. The number of halogens is 3. The predicted molar refractivity (Wildman–Crippen MR) is 39.9 cm³/mol. The molecule has 0 spiro atoms. The summed E-state index contributed by atoms with van der Waals surface area (Å²) in [5, 5.41) is 3.12. The normalized spacial score (nSPS) is 7.60. The van der Waals surface area contributed by atoms with Gasteiger partial charge >= 0.3 is 52.2 Å². The van der Waals surface area contributed by atoms with E-state index in [1.165, 1.54) is 0 Å². The number of aliphatic hydroxyl groups excluding tert-OH is 1. The first-order valence-corrected chi connectivity index (χ1v) is 4.34. The van der Waals surface area contributed by atoms with Gasteiger partial charge in [0, 0.05) is 0 Å². The Morgan fingerprint density at radius 1 is 2.00 bits per heavy atom. The van der Waals surface area contributed by atoms with Gasteiger partial charge in [0.25, 0.3) is 0 Å². The third-order valence-electron chi connectivity index (χ3n) is 0.0764. The summed E-state index contributed by atoms with van der Waals surface area (Å²) >= 11 is 1.42. The standard InChI is InChI=1S/CH3FO.CH3F.BHINO.V/c2-1-3;1-2;1-4-2-3;/h3H,1H2;1H3;2H;/i3D;;;. The van der Waals surface area contributed by atoms with Gasteiger partial charge in [0.15, 0.2) is 6.86 Å². The summed E-state index contributed by atoms with van der Waals surface area (Å²) in [6.07, 6.45) is 0. The van der Waals surface area contributed by atoms with Crippen LogP contribution in [-0.4, -0.2) is 28.6 Å². The van der Waals surface area contributed by atoms with Crippen LogP contribution in [0.5, 0.6) is 0 Å². The number of hydrogen-bond donors (Lipinski definition) is 1. The van der Waals surface area contributed by atoms with Gasteiger partial charge in [0.1, 0.15) is 0 Å². The molecule has 0 aliphatic carbocycles. The average Bonchev–Trinajstić information content (AvgIpc) is 2.10. The van der Waals surface area contributed by atoms with Crippen molar-refractivity contribution >= 4 is 29.9 Å². The van der Waals surface area contributed by atoms with E-state index in [1.54, 1.807) is 0 Å². The fourth-order valence-corrected chi connectivity index (χ4v) is 0.532. The van der Waals surface area contributed by atoms with Crippen molar-refractivity contribution in [2.24, 2.45) is 2.00 Å². The summed E-state index contributed by atoms with van der Waals surface area (Å²) in [5.41, 5.74) is 0. The molecule has 0 aromatic heterocycles. The van der Waals surface area contributed by atoms with E-state index in [4.69, 9.17) is 1.43 Å². The zero-order valence-electron chi connectivity index (χ0n) is 6.16. The second kappa shape index (κ2) is 32.5. The Morgan fingerprint density at radius 3 is 2.40 bits per heavy atom. The van der Waals surface area contributed by atoms with Gasteiger partial charge in [-0.05, 0) is 0 Å². The molecule has 8 heteroatoms. The average molecular weight is 305 g/mol. The van der Waals surface area contributed by atoms with Gasteiger partial charge < -0.3 is 5.11 Å². The van der Waals surface area contributed by atoms with E-state index in [9.17, 15) is 8.78 Å². The molecule has 0 rings (SSSR count). The van der Waals surface area contributed by atoms with Crippen molar-refractivity contribution in [2.75, 3.05) is 14.0 Å². The molecular formula is C2H7BF2INO2V. The number of hydrogen-bond acceptors (Lipinski definition) is 3. The van der Waals surface area contributed by atoms with Gasteiger partial charge in [-0.25, -0.2) is 4.39 Å². The molecule has 0 aromatic rings. The van der Waals surface area contributed by atoms with Crippen LogP contribution < -0.4 is 0 Å². The monoisotopic (exact) mass is 305 g/mol. The summed E-state index contributed by atoms with van der Waals surface area (Å²) in [5.74, 6) is 0. The van der Waals surface area contributed by atoms with Crippen molar-refractivity contribution < 1.29 is 34.1 Å². The molecule has 0 fully saturated rings. The Kier molecular flexibility index (Phi) is 44.0. The Hall–Kier alpha value is 0.959. The van der Waals surface area contributed by atoms with Gasteiger partial charge in [-0.15, -0.1) is 0 Å². The van der Waals surface area contributed by atoms with Gasteiger partial charge in [-0.2, -0.15) is 0 Å². The summed E-state index contributed by atoms with van der Waals surface area (Å²) in [6.45, 7) is -1.01. The van der Waals surface area contributed by atoms with Gasteiger partial charge in [-0.1, -0.05) is 0 Å². The second-order valence-electron chi connectivity index (χ2n) is 0.362. The second-order valence-corrected chi connectivity index (χ2v) is 3.51. The molecule has 0 bridgehead atoms. The fourth-order valence-electron chi connectivity index (χ4n) is 0.0192. The molecule has 0 aliphatic heterocycles. The molecule has 10 heavy (non-hydrogen) atoms. The van der Waals surface area contributed by atoms with Crippen molar-refractivity contribution in [3.63, 3.8) is 0 Å². The van der Waals surface area contributed by atoms with Crippen LogP contribution in [0.3, 0.4) is 0 Å². The molecule has 1 N–H and O–H groups in total. The molecule has 0 aromatic carbocycles. The van der Waals surface area contributed by atoms with Crippen molar-refractivity contribution in [3.05, 3.63) is 0 Å².